The van der Waals surface area contributed by atoms with Crippen LogP contribution in [0.3, 0.4) is 0 Å². The molecule has 1 saturated heterocycles. The summed E-state index contributed by atoms with van der Waals surface area (Å²) >= 11 is 0. The van der Waals surface area contributed by atoms with Crippen LogP contribution in [-0.4, -0.2) is 30.8 Å². The molecule has 0 saturated carbocycles. The highest BCUT2D eigenvalue weighted by Crippen LogP contribution is 2.06. The first-order valence-corrected chi connectivity index (χ1v) is 5.13. The maximum atomic E-state index is 11.3. The summed E-state index contributed by atoms with van der Waals surface area (Å²) in [5, 5.41) is 2.60. The van der Waals surface area contributed by atoms with E-state index >= 15 is 0 Å². The summed E-state index contributed by atoms with van der Waals surface area (Å²) in [7, 11) is 0. The maximum absolute atomic E-state index is 11.3. The van der Waals surface area contributed by atoms with E-state index in [0.717, 1.165) is 6.29 Å². The third-order valence-corrected chi connectivity index (χ3v) is 2.25. The lowest BCUT2D eigenvalue weighted by atomic mass is 10.2. The summed E-state index contributed by atoms with van der Waals surface area (Å²) in [6, 6.07) is -0.469. The maximum Gasteiger partial charge on any atom is 0.328 e. The predicted octanol–water partition coefficient (Wildman–Crippen LogP) is 0.177. The lowest BCUT2D eigenvalue weighted by Gasteiger charge is -2.07. The van der Waals surface area contributed by atoms with Crippen LogP contribution in [0.25, 0.3) is 0 Å². The standard InChI is InChI=1S/C10H15NO4/c12-6-3-1-2-4-9(13)11-8-5-7-15-10(8)14/h6,8H,1-5,7H2,(H,11,13)/t8-/m0/s1. The Kier molecular flexibility index (Phi) is 4.80. The van der Waals surface area contributed by atoms with Crippen molar-refractivity contribution in [3.63, 3.8) is 0 Å². The van der Waals surface area contributed by atoms with Crippen LogP contribution in [0.15, 0.2) is 0 Å². The molecule has 1 heterocycles. The number of rotatable bonds is 6. The fourth-order valence-corrected chi connectivity index (χ4v) is 1.41. The summed E-state index contributed by atoms with van der Waals surface area (Å²) in [4.78, 5) is 32.3. The summed E-state index contributed by atoms with van der Waals surface area (Å²) in [5.41, 5.74) is 0. The molecule has 1 atom stereocenters. The number of amides is 1. The van der Waals surface area contributed by atoms with E-state index in [9.17, 15) is 14.4 Å². The number of aldehydes is 1. The zero-order valence-corrected chi connectivity index (χ0v) is 8.53. The van der Waals surface area contributed by atoms with E-state index in [1.165, 1.54) is 0 Å². The number of esters is 1. The molecule has 1 aliphatic heterocycles. The van der Waals surface area contributed by atoms with Gasteiger partial charge in [-0.2, -0.15) is 0 Å². The van der Waals surface area contributed by atoms with Crippen molar-refractivity contribution < 1.29 is 19.1 Å². The van der Waals surface area contributed by atoms with Crippen LogP contribution in [0.2, 0.25) is 0 Å². The van der Waals surface area contributed by atoms with Gasteiger partial charge in [0.2, 0.25) is 5.91 Å². The lowest BCUT2D eigenvalue weighted by molar-refractivity contribution is -0.141. The number of hydrogen-bond donors (Lipinski definition) is 1. The monoisotopic (exact) mass is 213 g/mol. The normalized spacial score (nSPS) is 19.7. The zero-order chi connectivity index (χ0) is 11.1. The van der Waals surface area contributed by atoms with Crippen molar-refractivity contribution in [2.24, 2.45) is 0 Å². The van der Waals surface area contributed by atoms with Crippen LogP contribution in [0, 0.1) is 0 Å². The Balaban J connectivity index is 2.12. The van der Waals surface area contributed by atoms with Crippen LogP contribution in [0.1, 0.15) is 32.1 Å². The molecule has 84 valence electrons. The van der Waals surface area contributed by atoms with Gasteiger partial charge in [-0.05, 0) is 12.8 Å². The molecule has 1 amide bonds. The van der Waals surface area contributed by atoms with Gasteiger partial charge in [0, 0.05) is 19.3 Å². The molecule has 5 nitrogen and oxygen atoms in total. The molecule has 0 bridgehead atoms. The van der Waals surface area contributed by atoms with Crippen molar-refractivity contribution in [1.29, 1.82) is 0 Å². The van der Waals surface area contributed by atoms with E-state index < -0.39 is 6.04 Å². The summed E-state index contributed by atoms with van der Waals surface area (Å²) in [6.07, 6.45) is 3.62. The van der Waals surface area contributed by atoms with Gasteiger partial charge in [0.05, 0.1) is 6.61 Å². The van der Waals surface area contributed by atoms with Gasteiger partial charge in [0.1, 0.15) is 12.3 Å². The van der Waals surface area contributed by atoms with Gasteiger partial charge in [-0.3, -0.25) is 4.79 Å². The topological polar surface area (TPSA) is 72.5 Å². The molecular weight excluding hydrogens is 198 g/mol. The van der Waals surface area contributed by atoms with Gasteiger partial charge in [0.15, 0.2) is 0 Å². The van der Waals surface area contributed by atoms with Gasteiger partial charge in [-0.25, -0.2) is 4.79 Å². The van der Waals surface area contributed by atoms with E-state index in [1.807, 2.05) is 0 Å². The molecular formula is C10H15NO4. The number of cyclic esters (lactones) is 1. The Morgan fingerprint density at radius 2 is 2.33 bits per heavy atom. The fraction of sp³-hybridized carbons (Fsp3) is 0.700. The van der Waals surface area contributed by atoms with Gasteiger partial charge in [0.25, 0.3) is 0 Å². The Morgan fingerprint density at radius 1 is 1.53 bits per heavy atom. The third kappa shape index (κ3) is 4.10. The SMILES string of the molecule is O=CCCCCC(=O)N[C@H]1CCOC1=O. The first-order valence-electron chi connectivity index (χ1n) is 5.13. The van der Waals surface area contributed by atoms with Gasteiger partial charge < -0.3 is 14.8 Å². The molecule has 0 aromatic rings. The van der Waals surface area contributed by atoms with Crippen molar-refractivity contribution in [2.45, 2.75) is 38.1 Å². The highest BCUT2D eigenvalue weighted by molar-refractivity contribution is 5.85. The minimum Gasteiger partial charge on any atom is -0.464 e. The van der Waals surface area contributed by atoms with E-state index in [1.54, 1.807) is 0 Å². The molecule has 1 fully saturated rings. The highest BCUT2D eigenvalue weighted by Gasteiger charge is 2.27. The molecule has 0 radical (unpaired) electrons. The molecule has 0 aromatic carbocycles. The van der Waals surface area contributed by atoms with Crippen molar-refractivity contribution in [2.75, 3.05) is 6.61 Å². The second-order valence-corrected chi connectivity index (χ2v) is 3.49. The van der Waals surface area contributed by atoms with Crippen molar-refractivity contribution in [3.8, 4) is 0 Å². The number of nitrogens with one attached hydrogen (secondary N) is 1. The molecule has 1 rings (SSSR count). The van der Waals surface area contributed by atoms with Crippen LogP contribution in [0.4, 0.5) is 0 Å². The lowest BCUT2D eigenvalue weighted by Crippen LogP contribution is -2.37. The van der Waals surface area contributed by atoms with Crippen LogP contribution in [0.5, 0.6) is 0 Å². The molecule has 0 aliphatic carbocycles. The second-order valence-electron chi connectivity index (χ2n) is 3.49. The first kappa shape index (κ1) is 11.7. The van der Waals surface area contributed by atoms with Gasteiger partial charge in [-0.1, -0.05) is 0 Å². The fourth-order valence-electron chi connectivity index (χ4n) is 1.41. The molecule has 0 unspecified atom stereocenters. The molecule has 0 aromatic heterocycles. The average Bonchev–Trinajstić information content (AvgIpc) is 2.59. The quantitative estimate of drug-likeness (QED) is 0.388. The minimum absolute atomic E-state index is 0.148. The smallest absolute Gasteiger partial charge is 0.328 e. The second kappa shape index (κ2) is 6.16. The number of carbonyl (C=O) groups excluding carboxylic acids is 3. The van der Waals surface area contributed by atoms with E-state index in [2.05, 4.69) is 5.32 Å². The van der Waals surface area contributed by atoms with Crippen molar-refractivity contribution in [1.82, 2.24) is 5.32 Å². The van der Waals surface area contributed by atoms with Crippen LogP contribution >= 0.6 is 0 Å². The van der Waals surface area contributed by atoms with E-state index in [4.69, 9.17) is 4.74 Å². The van der Waals surface area contributed by atoms with E-state index in [0.29, 0.717) is 38.7 Å². The Morgan fingerprint density at radius 3 is 2.93 bits per heavy atom. The van der Waals surface area contributed by atoms with Gasteiger partial charge >= 0.3 is 5.97 Å². The molecule has 1 aliphatic rings. The molecule has 1 N–H and O–H groups in total. The van der Waals surface area contributed by atoms with Crippen molar-refractivity contribution >= 4 is 18.2 Å². The van der Waals surface area contributed by atoms with Crippen LogP contribution in [-0.2, 0) is 19.1 Å². The number of carbonyl (C=O) groups is 3. The third-order valence-electron chi connectivity index (χ3n) is 2.25. The highest BCUT2D eigenvalue weighted by atomic mass is 16.5. The number of unbranched alkanes of at least 4 members (excludes halogenated alkanes) is 2. The van der Waals surface area contributed by atoms with Crippen LogP contribution < -0.4 is 5.32 Å². The van der Waals surface area contributed by atoms with E-state index in [-0.39, 0.29) is 11.9 Å². The Hall–Kier alpha value is -1.39. The Bertz CT molecular complexity index is 252. The molecule has 5 heteroatoms. The minimum atomic E-state index is -0.469. The largest absolute Gasteiger partial charge is 0.464 e. The first-order chi connectivity index (χ1) is 7.24. The summed E-state index contributed by atoms with van der Waals surface area (Å²) in [6.45, 7) is 0.384. The molecule has 15 heavy (non-hydrogen) atoms. The zero-order valence-electron chi connectivity index (χ0n) is 8.53. The summed E-state index contributed by atoms with van der Waals surface area (Å²) in [5.74, 6) is -0.499. The van der Waals surface area contributed by atoms with Crippen molar-refractivity contribution in [3.05, 3.63) is 0 Å². The predicted molar refractivity (Wildman–Crippen MR) is 52.0 cm³/mol. The number of ether oxygens (including phenoxy) is 1. The Labute approximate surface area is 88.2 Å². The molecule has 0 spiro atoms. The average molecular weight is 213 g/mol. The summed E-state index contributed by atoms with van der Waals surface area (Å²) < 4.78 is 4.71. The number of hydrogen-bond acceptors (Lipinski definition) is 4. The van der Waals surface area contributed by atoms with Gasteiger partial charge in [-0.15, -0.1) is 0 Å².